The monoisotopic (exact) mass is 447 g/mol. The number of aliphatic hydroxyl groups is 1. The second kappa shape index (κ2) is 13.1. The lowest BCUT2D eigenvalue weighted by molar-refractivity contribution is 0.0520. The Hall–Kier alpha value is -0.300. The van der Waals surface area contributed by atoms with Gasteiger partial charge >= 0.3 is 5.97 Å². The van der Waals surface area contributed by atoms with Crippen molar-refractivity contribution in [2.75, 3.05) is 12.4 Å². The predicted octanol–water partition coefficient (Wildman–Crippen LogP) is 6.16. The van der Waals surface area contributed by atoms with Crippen molar-refractivity contribution in [3.63, 3.8) is 0 Å². The van der Waals surface area contributed by atoms with Crippen molar-refractivity contribution in [2.24, 2.45) is 11.8 Å². The SMILES string of the molecule is CCCCCCCC[C@@H]1[C@@H](CCSc2nc(C(=O)OCC)cs2)[C@@H](Cl)C[C@H]1O. The van der Waals surface area contributed by atoms with E-state index in [1.807, 2.05) is 0 Å². The van der Waals surface area contributed by atoms with Gasteiger partial charge in [0.25, 0.3) is 0 Å². The smallest absolute Gasteiger partial charge is 0.357 e. The van der Waals surface area contributed by atoms with Gasteiger partial charge < -0.3 is 9.84 Å². The number of hydrogen-bond donors (Lipinski definition) is 1. The third kappa shape index (κ3) is 7.51. The summed E-state index contributed by atoms with van der Waals surface area (Å²) in [5, 5.41) is 12.3. The zero-order valence-electron chi connectivity index (χ0n) is 17.1. The maximum absolute atomic E-state index is 11.7. The first-order valence-corrected chi connectivity index (χ1v) is 12.9. The van der Waals surface area contributed by atoms with Gasteiger partial charge in [-0.05, 0) is 38.0 Å². The average molecular weight is 448 g/mol. The number of aliphatic hydroxyl groups excluding tert-OH is 1. The van der Waals surface area contributed by atoms with Crippen LogP contribution in [0.4, 0.5) is 0 Å². The maximum Gasteiger partial charge on any atom is 0.357 e. The van der Waals surface area contributed by atoms with Crippen LogP contribution in [0.1, 0.15) is 82.1 Å². The molecular weight excluding hydrogens is 414 g/mol. The van der Waals surface area contributed by atoms with E-state index in [0.29, 0.717) is 30.6 Å². The van der Waals surface area contributed by atoms with E-state index >= 15 is 0 Å². The highest BCUT2D eigenvalue weighted by molar-refractivity contribution is 8.01. The maximum atomic E-state index is 11.7. The molecule has 0 aromatic carbocycles. The van der Waals surface area contributed by atoms with E-state index in [9.17, 15) is 9.90 Å². The van der Waals surface area contributed by atoms with Crippen molar-refractivity contribution in [3.05, 3.63) is 11.1 Å². The van der Waals surface area contributed by atoms with Crippen LogP contribution >= 0.6 is 34.7 Å². The minimum atomic E-state index is -0.357. The molecule has 1 aromatic rings. The number of carbonyl (C=O) groups is 1. The number of hydrogen-bond acceptors (Lipinski definition) is 6. The number of nitrogens with zero attached hydrogens (tertiary/aromatic N) is 1. The lowest BCUT2D eigenvalue weighted by Gasteiger charge is -2.23. The van der Waals surface area contributed by atoms with Gasteiger partial charge in [0.15, 0.2) is 10.0 Å². The Morgan fingerprint density at radius 1 is 1.25 bits per heavy atom. The van der Waals surface area contributed by atoms with E-state index in [2.05, 4.69) is 11.9 Å². The van der Waals surface area contributed by atoms with E-state index in [4.69, 9.17) is 16.3 Å². The van der Waals surface area contributed by atoms with Crippen molar-refractivity contribution in [1.82, 2.24) is 4.98 Å². The topological polar surface area (TPSA) is 59.4 Å². The van der Waals surface area contributed by atoms with Crippen LogP contribution < -0.4 is 0 Å². The van der Waals surface area contributed by atoms with Gasteiger partial charge in [-0.15, -0.1) is 22.9 Å². The molecule has 0 unspecified atom stereocenters. The van der Waals surface area contributed by atoms with E-state index in [1.165, 1.54) is 49.9 Å². The molecule has 1 N–H and O–H groups in total. The summed E-state index contributed by atoms with van der Waals surface area (Å²) in [5.41, 5.74) is 0.391. The molecule has 1 aromatic heterocycles. The van der Waals surface area contributed by atoms with Crippen LogP contribution in [0.15, 0.2) is 9.72 Å². The Balaban J connectivity index is 1.75. The Kier molecular flexibility index (Phi) is 11.2. The molecule has 0 spiro atoms. The van der Waals surface area contributed by atoms with Crippen LogP contribution in [0.5, 0.6) is 0 Å². The molecule has 7 heteroatoms. The summed E-state index contributed by atoms with van der Waals surface area (Å²) >= 11 is 9.71. The van der Waals surface area contributed by atoms with Crippen LogP contribution in [-0.4, -0.2) is 39.9 Å². The molecule has 0 amide bonds. The molecule has 1 heterocycles. The van der Waals surface area contributed by atoms with Crippen LogP contribution in [0.3, 0.4) is 0 Å². The number of alkyl halides is 1. The summed E-state index contributed by atoms with van der Waals surface area (Å²) in [5.74, 6) is 1.23. The van der Waals surface area contributed by atoms with Gasteiger partial charge in [-0.1, -0.05) is 57.2 Å². The first-order chi connectivity index (χ1) is 13.6. The Labute approximate surface area is 182 Å². The van der Waals surface area contributed by atoms with E-state index in [1.54, 1.807) is 24.1 Å². The van der Waals surface area contributed by atoms with Gasteiger partial charge in [0, 0.05) is 16.5 Å². The predicted molar refractivity (Wildman–Crippen MR) is 119 cm³/mol. The Bertz CT molecular complexity index is 584. The number of halogens is 1. The fourth-order valence-electron chi connectivity index (χ4n) is 4.00. The summed E-state index contributed by atoms with van der Waals surface area (Å²) in [7, 11) is 0. The van der Waals surface area contributed by atoms with Gasteiger partial charge in [0.2, 0.25) is 0 Å². The number of ether oxygens (including phenoxy) is 1. The normalized spacial score (nSPS) is 24.6. The lowest BCUT2D eigenvalue weighted by Crippen LogP contribution is -2.21. The highest BCUT2D eigenvalue weighted by Crippen LogP contribution is 2.42. The number of aromatic nitrogens is 1. The molecule has 160 valence electrons. The molecule has 4 atom stereocenters. The highest BCUT2D eigenvalue weighted by Gasteiger charge is 2.40. The fourth-order valence-corrected chi connectivity index (χ4v) is 6.40. The van der Waals surface area contributed by atoms with E-state index in [-0.39, 0.29) is 17.5 Å². The number of carbonyl (C=O) groups excluding carboxylic acids is 1. The Morgan fingerprint density at radius 3 is 2.75 bits per heavy atom. The number of thioether (sulfide) groups is 1. The quantitative estimate of drug-likeness (QED) is 0.170. The average Bonchev–Trinajstić information content (AvgIpc) is 3.24. The third-order valence-electron chi connectivity index (χ3n) is 5.51. The molecule has 0 aliphatic heterocycles. The molecule has 0 radical (unpaired) electrons. The van der Waals surface area contributed by atoms with Gasteiger partial charge in [0.05, 0.1) is 12.7 Å². The summed E-state index contributed by atoms with van der Waals surface area (Å²) in [6.07, 6.45) is 10.2. The molecule has 2 rings (SSSR count). The zero-order valence-corrected chi connectivity index (χ0v) is 19.5. The highest BCUT2D eigenvalue weighted by atomic mass is 35.5. The molecule has 1 aliphatic rings. The van der Waals surface area contributed by atoms with Crippen LogP contribution in [0.25, 0.3) is 0 Å². The second-order valence-electron chi connectivity index (χ2n) is 7.56. The summed E-state index contributed by atoms with van der Waals surface area (Å²) in [4.78, 5) is 16.1. The largest absolute Gasteiger partial charge is 0.461 e. The van der Waals surface area contributed by atoms with Crippen molar-refractivity contribution in [3.8, 4) is 0 Å². The molecule has 4 nitrogen and oxygen atoms in total. The minimum Gasteiger partial charge on any atom is -0.461 e. The summed E-state index contributed by atoms with van der Waals surface area (Å²) in [6, 6.07) is 0. The first kappa shape index (κ1) is 24.0. The fraction of sp³-hybridized carbons (Fsp3) is 0.810. The van der Waals surface area contributed by atoms with Crippen LogP contribution in [-0.2, 0) is 4.74 Å². The number of unbranched alkanes of at least 4 members (excludes halogenated alkanes) is 5. The molecule has 0 bridgehead atoms. The van der Waals surface area contributed by atoms with Crippen LogP contribution in [0.2, 0.25) is 0 Å². The number of thiazole rings is 1. The van der Waals surface area contributed by atoms with Crippen LogP contribution in [0, 0.1) is 11.8 Å². The molecular formula is C21H34ClNO3S2. The van der Waals surface area contributed by atoms with Crippen molar-refractivity contribution in [2.45, 2.75) is 87.5 Å². The van der Waals surface area contributed by atoms with Crippen molar-refractivity contribution >= 4 is 40.7 Å². The second-order valence-corrected chi connectivity index (χ2v) is 10.3. The first-order valence-electron chi connectivity index (χ1n) is 10.6. The standard InChI is InChI=1S/C21H34ClNO3S2/c1-3-5-6-7-8-9-10-16-15(17(22)13-19(16)24)11-12-27-21-23-18(14-28-21)20(25)26-4-2/h14-17,19,24H,3-13H2,1-2H3/t15-,16-,17+,19-/m1/s1. The molecule has 1 fully saturated rings. The summed E-state index contributed by atoms with van der Waals surface area (Å²) in [6.45, 7) is 4.39. The zero-order chi connectivity index (χ0) is 20.4. The molecule has 1 saturated carbocycles. The molecule has 1 aliphatic carbocycles. The Morgan fingerprint density at radius 2 is 2.00 bits per heavy atom. The van der Waals surface area contributed by atoms with Gasteiger partial charge in [-0.25, -0.2) is 9.78 Å². The summed E-state index contributed by atoms with van der Waals surface area (Å²) < 4.78 is 5.88. The van der Waals surface area contributed by atoms with Gasteiger partial charge in [-0.3, -0.25) is 0 Å². The molecule has 28 heavy (non-hydrogen) atoms. The minimum absolute atomic E-state index is 0.0621. The van der Waals surface area contributed by atoms with Crippen molar-refractivity contribution < 1.29 is 14.6 Å². The number of esters is 1. The van der Waals surface area contributed by atoms with Gasteiger partial charge in [-0.2, -0.15) is 0 Å². The number of rotatable bonds is 13. The third-order valence-corrected chi connectivity index (χ3v) is 8.07. The van der Waals surface area contributed by atoms with Crippen molar-refractivity contribution in [1.29, 1.82) is 0 Å². The van der Waals surface area contributed by atoms with E-state index < -0.39 is 0 Å². The molecule has 0 saturated heterocycles. The lowest BCUT2D eigenvalue weighted by atomic mass is 9.87. The van der Waals surface area contributed by atoms with E-state index in [0.717, 1.165) is 22.9 Å². The van der Waals surface area contributed by atoms with Gasteiger partial charge in [0.1, 0.15) is 0 Å².